The molecule has 2 rings (SSSR count). The molecular weight excluding hydrogens is 308 g/mol. The normalized spacial score (nSPS) is 16.1. The zero-order valence-corrected chi connectivity index (χ0v) is 13.8. The van der Waals surface area contributed by atoms with Crippen molar-refractivity contribution < 1.29 is 19.1 Å². The number of carbonyl (C=O) groups is 2. The van der Waals surface area contributed by atoms with Crippen LogP contribution in [0.15, 0.2) is 30.3 Å². The number of ether oxygens (including phenoxy) is 2. The van der Waals surface area contributed by atoms with Gasteiger partial charge in [-0.2, -0.15) is 5.26 Å². The molecule has 128 valence electrons. The molecule has 6 heteroatoms. The Balaban J connectivity index is 1.80. The van der Waals surface area contributed by atoms with Crippen LogP contribution in [0.1, 0.15) is 25.3 Å². The van der Waals surface area contributed by atoms with Crippen molar-refractivity contribution in [2.24, 2.45) is 11.8 Å². The molecule has 0 bridgehead atoms. The monoisotopic (exact) mass is 330 g/mol. The molecule has 0 N–H and O–H groups in total. The first-order chi connectivity index (χ1) is 11.7. The molecule has 1 atom stereocenters. The summed E-state index contributed by atoms with van der Waals surface area (Å²) in [6.07, 6.45) is 0.830. The third kappa shape index (κ3) is 4.72. The van der Waals surface area contributed by atoms with E-state index in [1.807, 2.05) is 36.4 Å². The minimum atomic E-state index is -0.757. The molecule has 6 nitrogen and oxygen atoms in total. The van der Waals surface area contributed by atoms with Crippen LogP contribution in [0, 0.1) is 23.2 Å². The predicted octanol–water partition coefficient (Wildman–Crippen LogP) is 2.74. The lowest BCUT2D eigenvalue weighted by Gasteiger charge is -2.32. The Kier molecular flexibility index (Phi) is 6.62. The molecule has 1 aromatic rings. The van der Waals surface area contributed by atoms with Crippen LogP contribution in [0.5, 0.6) is 0 Å². The average molecular weight is 330 g/mol. The zero-order valence-electron chi connectivity index (χ0n) is 13.8. The number of amides is 1. The smallest absolute Gasteiger partial charge is 0.410 e. The number of esters is 1. The van der Waals surface area contributed by atoms with Gasteiger partial charge in [-0.25, -0.2) is 4.79 Å². The summed E-state index contributed by atoms with van der Waals surface area (Å²) in [6.45, 7) is 3.19. The number of hydrogen-bond donors (Lipinski definition) is 0. The highest BCUT2D eigenvalue weighted by molar-refractivity contribution is 5.75. The third-order valence-electron chi connectivity index (χ3n) is 4.15. The van der Waals surface area contributed by atoms with E-state index in [4.69, 9.17) is 9.47 Å². The Morgan fingerprint density at radius 1 is 1.25 bits per heavy atom. The van der Waals surface area contributed by atoms with Gasteiger partial charge in [-0.3, -0.25) is 4.79 Å². The molecule has 1 saturated heterocycles. The quantitative estimate of drug-likeness (QED) is 0.776. The Morgan fingerprint density at radius 3 is 2.50 bits per heavy atom. The van der Waals surface area contributed by atoms with Gasteiger partial charge < -0.3 is 14.4 Å². The Bertz CT molecular complexity index is 589. The fourth-order valence-electron chi connectivity index (χ4n) is 2.81. The van der Waals surface area contributed by atoms with Gasteiger partial charge in [-0.05, 0) is 31.2 Å². The molecule has 0 aromatic heterocycles. The van der Waals surface area contributed by atoms with E-state index in [2.05, 4.69) is 0 Å². The van der Waals surface area contributed by atoms with Gasteiger partial charge in [-0.1, -0.05) is 30.3 Å². The maximum atomic E-state index is 12.1. The summed E-state index contributed by atoms with van der Waals surface area (Å²) in [7, 11) is 0. The molecule has 0 radical (unpaired) electrons. The van der Waals surface area contributed by atoms with Crippen LogP contribution in [-0.2, 0) is 20.9 Å². The van der Waals surface area contributed by atoms with Gasteiger partial charge in [0.25, 0.3) is 0 Å². The number of benzene rings is 1. The summed E-state index contributed by atoms with van der Waals surface area (Å²) >= 11 is 0. The standard InChI is InChI=1S/C18H22N2O4/c1-2-23-17(21)16(12-19)15-8-10-20(11-9-15)18(22)24-13-14-6-4-3-5-7-14/h3-7,15-16H,2,8-11,13H2,1H3. The summed E-state index contributed by atoms with van der Waals surface area (Å²) in [5, 5.41) is 9.20. The number of nitriles is 1. The molecule has 0 saturated carbocycles. The van der Waals surface area contributed by atoms with E-state index in [0.717, 1.165) is 5.56 Å². The van der Waals surface area contributed by atoms with E-state index in [0.29, 0.717) is 25.9 Å². The molecule has 0 aliphatic carbocycles. The second-order valence-electron chi connectivity index (χ2n) is 5.72. The van der Waals surface area contributed by atoms with Gasteiger partial charge in [0.15, 0.2) is 0 Å². The van der Waals surface area contributed by atoms with Gasteiger partial charge in [0.05, 0.1) is 12.7 Å². The van der Waals surface area contributed by atoms with Gasteiger partial charge >= 0.3 is 12.1 Å². The fraction of sp³-hybridized carbons (Fsp3) is 0.500. The highest BCUT2D eigenvalue weighted by Gasteiger charge is 2.34. The lowest BCUT2D eigenvalue weighted by molar-refractivity contribution is -0.148. The van der Waals surface area contributed by atoms with Gasteiger partial charge in [0, 0.05) is 13.1 Å². The van der Waals surface area contributed by atoms with Crippen molar-refractivity contribution in [2.75, 3.05) is 19.7 Å². The molecule has 24 heavy (non-hydrogen) atoms. The Hall–Kier alpha value is -2.55. The number of hydrogen-bond acceptors (Lipinski definition) is 5. The van der Waals surface area contributed by atoms with E-state index in [-0.39, 0.29) is 25.2 Å². The summed E-state index contributed by atoms with van der Waals surface area (Å²) in [4.78, 5) is 25.5. The van der Waals surface area contributed by atoms with Crippen molar-refractivity contribution in [2.45, 2.75) is 26.4 Å². The van der Waals surface area contributed by atoms with Gasteiger partial charge in [0.1, 0.15) is 12.5 Å². The minimum absolute atomic E-state index is 0.0766. The van der Waals surface area contributed by atoms with Crippen LogP contribution in [0.25, 0.3) is 0 Å². The van der Waals surface area contributed by atoms with E-state index in [1.54, 1.807) is 11.8 Å². The summed E-state index contributed by atoms with van der Waals surface area (Å²) in [6, 6.07) is 11.5. The molecule has 1 aromatic carbocycles. The van der Waals surface area contributed by atoms with Gasteiger partial charge in [0.2, 0.25) is 0 Å². The summed E-state index contributed by atoms with van der Waals surface area (Å²) in [5.74, 6) is -1.30. The first kappa shape index (κ1) is 17.8. The van der Waals surface area contributed by atoms with E-state index in [1.165, 1.54) is 0 Å². The maximum Gasteiger partial charge on any atom is 0.410 e. The third-order valence-corrected chi connectivity index (χ3v) is 4.15. The van der Waals surface area contributed by atoms with Crippen molar-refractivity contribution in [1.29, 1.82) is 5.26 Å². The van der Waals surface area contributed by atoms with Crippen LogP contribution in [0.4, 0.5) is 4.79 Å². The summed E-state index contributed by atoms with van der Waals surface area (Å²) < 4.78 is 10.2. The van der Waals surface area contributed by atoms with Crippen LogP contribution >= 0.6 is 0 Å². The average Bonchev–Trinajstić information content (AvgIpc) is 2.62. The molecule has 1 aliphatic rings. The molecule has 1 unspecified atom stereocenters. The van der Waals surface area contributed by atoms with Crippen molar-refractivity contribution in [3.8, 4) is 6.07 Å². The zero-order chi connectivity index (χ0) is 17.4. The van der Waals surface area contributed by atoms with E-state index >= 15 is 0 Å². The number of rotatable bonds is 5. The molecular formula is C18H22N2O4. The summed E-state index contributed by atoms with van der Waals surface area (Å²) in [5.41, 5.74) is 0.938. The van der Waals surface area contributed by atoms with Crippen LogP contribution < -0.4 is 0 Å². The Morgan fingerprint density at radius 2 is 1.92 bits per heavy atom. The van der Waals surface area contributed by atoms with Crippen LogP contribution in [0.3, 0.4) is 0 Å². The van der Waals surface area contributed by atoms with Crippen molar-refractivity contribution in [3.05, 3.63) is 35.9 Å². The fourth-order valence-corrected chi connectivity index (χ4v) is 2.81. The molecule has 0 spiro atoms. The van der Waals surface area contributed by atoms with Crippen LogP contribution in [0.2, 0.25) is 0 Å². The minimum Gasteiger partial charge on any atom is -0.465 e. The largest absolute Gasteiger partial charge is 0.465 e. The number of likely N-dealkylation sites (tertiary alicyclic amines) is 1. The molecule has 1 heterocycles. The number of nitrogens with zero attached hydrogens (tertiary/aromatic N) is 2. The number of piperidine rings is 1. The van der Waals surface area contributed by atoms with Crippen molar-refractivity contribution >= 4 is 12.1 Å². The molecule has 1 fully saturated rings. The first-order valence-corrected chi connectivity index (χ1v) is 8.17. The second kappa shape index (κ2) is 8.92. The second-order valence-corrected chi connectivity index (χ2v) is 5.72. The van der Waals surface area contributed by atoms with Crippen molar-refractivity contribution in [3.63, 3.8) is 0 Å². The number of carbonyl (C=O) groups excluding carboxylic acids is 2. The molecule has 1 aliphatic heterocycles. The first-order valence-electron chi connectivity index (χ1n) is 8.17. The lowest BCUT2D eigenvalue weighted by atomic mass is 9.85. The molecule has 1 amide bonds. The van der Waals surface area contributed by atoms with E-state index in [9.17, 15) is 14.9 Å². The Labute approximate surface area is 142 Å². The SMILES string of the molecule is CCOC(=O)C(C#N)C1CCN(C(=O)OCc2ccccc2)CC1. The lowest BCUT2D eigenvalue weighted by Crippen LogP contribution is -2.41. The highest BCUT2D eigenvalue weighted by Crippen LogP contribution is 2.26. The van der Waals surface area contributed by atoms with E-state index < -0.39 is 11.9 Å². The maximum absolute atomic E-state index is 12.1. The highest BCUT2D eigenvalue weighted by atomic mass is 16.6. The predicted molar refractivity (Wildman–Crippen MR) is 86.7 cm³/mol. The topological polar surface area (TPSA) is 79.6 Å². The van der Waals surface area contributed by atoms with Gasteiger partial charge in [-0.15, -0.1) is 0 Å². The van der Waals surface area contributed by atoms with Crippen molar-refractivity contribution in [1.82, 2.24) is 4.90 Å². The van der Waals surface area contributed by atoms with Crippen LogP contribution in [-0.4, -0.2) is 36.7 Å².